The van der Waals surface area contributed by atoms with Crippen LogP contribution in [0.5, 0.6) is 0 Å². The van der Waals surface area contributed by atoms with E-state index >= 15 is 0 Å². The molecule has 0 spiro atoms. The number of thioether (sulfide) groups is 1. The van der Waals surface area contributed by atoms with Crippen LogP contribution < -0.4 is 5.32 Å². The van der Waals surface area contributed by atoms with Crippen LogP contribution in [0.3, 0.4) is 0 Å². The Kier molecular flexibility index (Phi) is 5.06. The molecule has 0 bridgehead atoms. The summed E-state index contributed by atoms with van der Waals surface area (Å²) < 4.78 is 0. The number of nitrogens with one attached hydrogen (secondary N) is 2. The first-order valence-corrected chi connectivity index (χ1v) is 8.86. The monoisotopic (exact) mass is 360 g/mol. The second-order valence-corrected chi connectivity index (χ2v) is 7.03. The average Bonchev–Trinajstić information content (AvgIpc) is 2.98. The van der Waals surface area contributed by atoms with Gasteiger partial charge in [0.05, 0.1) is 22.5 Å². The lowest BCUT2D eigenvalue weighted by Gasteiger charge is -2.15. The third-order valence-corrected chi connectivity index (χ3v) is 5.12. The fraction of sp³-hybridized carbons (Fsp3) is 0.235. The van der Waals surface area contributed by atoms with Crippen molar-refractivity contribution in [3.05, 3.63) is 47.2 Å². The van der Waals surface area contributed by atoms with Gasteiger partial charge in [0.2, 0.25) is 5.91 Å². The van der Waals surface area contributed by atoms with Crippen molar-refractivity contribution < 1.29 is 4.79 Å². The highest BCUT2D eigenvalue weighted by molar-refractivity contribution is 8.00. The maximum Gasteiger partial charge on any atom is 0.237 e. The number of hydrogen-bond donors (Lipinski definition) is 2. The van der Waals surface area contributed by atoms with Crippen LogP contribution in [0, 0.1) is 6.92 Å². The van der Waals surface area contributed by atoms with E-state index in [0.717, 1.165) is 22.3 Å². The molecule has 1 atom stereocenters. The van der Waals surface area contributed by atoms with Crippen molar-refractivity contribution >= 4 is 46.0 Å². The highest BCUT2D eigenvalue weighted by atomic mass is 35.5. The van der Waals surface area contributed by atoms with Crippen molar-refractivity contribution in [3.8, 4) is 0 Å². The number of halogens is 1. The minimum Gasteiger partial charge on any atom is -0.332 e. The van der Waals surface area contributed by atoms with Crippen LogP contribution in [0.15, 0.2) is 41.8 Å². The van der Waals surface area contributed by atoms with Gasteiger partial charge in [-0.1, -0.05) is 36.4 Å². The van der Waals surface area contributed by atoms with Gasteiger partial charge in [0, 0.05) is 16.9 Å². The molecule has 7 heteroatoms. The van der Waals surface area contributed by atoms with Crippen LogP contribution >= 0.6 is 23.4 Å². The minimum absolute atomic E-state index is 0.0635. The first-order valence-electron chi connectivity index (χ1n) is 7.60. The fourth-order valence-corrected chi connectivity index (χ4v) is 3.38. The molecule has 1 amide bonds. The summed E-state index contributed by atoms with van der Waals surface area (Å²) in [5.41, 5.74) is 3.41. The lowest BCUT2D eigenvalue weighted by molar-refractivity contribution is -0.115. The van der Waals surface area contributed by atoms with E-state index in [9.17, 15) is 4.79 Å². The summed E-state index contributed by atoms with van der Waals surface area (Å²) in [6, 6.07) is 7.30. The zero-order valence-corrected chi connectivity index (χ0v) is 14.9. The predicted octanol–water partition coefficient (Wildman–Crippen LogP) is 4.43. The molecular formula is C17H17ClN4OS. The number of aromatic amines is 1. The molecule has 0 radical (unpaired) electrons. The number of H-pyrrole nitrogens is 1. The number of carbonyl (C=O) groups excluding carboxylic acids is 1. The molecule has 2 aromatic heterocycles. The second-order valence-electron chi connectivity index (χ2n) is 5.40. The van der Waals surface area contributed by atoms with Crippen molar-refractivity contribution in [3.63, 3.8) is 0 Å². The number of amides is 1. The molecule has 0 saturated heterocycles. The van der Waals surface area contributed by atoms with E-state index in [4.69, 9.17) is 11.6 Å². The first-order chi connectivity index (χ1) is 11.6. The molecule has 0 fully saturated rings. The number of aromatic nitrogens is 3. The number of fused-ring (bicyclic) bond motifs is 1. The van der Waals surface area contributed by atoms with Gasteiger partial charge in [0.25, 0.3) is 0 Å². The van der Waals surface area contributed by atoms with E-state index in [0.29, 0.717) is 16.6 Å². The highest BCUT2D eigenvalue weighted by Gasteiger charge is 2.20. The van der Waals surface area contributed by atoms with Crippen molar-refractivity contribution in [1.29, 1.82) is 0 Å². The Balaban J connectivity index is 1.75. The molecule has 0 aliphatic carbocycles. The zero-order chi connectivity index (χ0) is 17.1. The van der Waals surface area contributed by atoms with Gasteiger partial charge in [-0.2, -0.15) is 0 Å². The number of hydrogen-bond acceptors (Lipinski definition) is 4. The van der Waals surface area contributed by atoms with Crippen molar-refractivity contribution in [2.75, 3.05) is 5.32 Å². The second kappa shape index (κ2) is 7.23. The lowest BCUT2D eigenvalue weighted by atomic mass is 10.2. The van der Waals surface area contributed by atoms with E-state index in [1.807, 2.05) is 26.0 Å². The Labute approximate surface area is 149 Å². The van der Waals surface area contributed by atoms with Crippen LogP contribution in [0.2, 0.25) is 5.02 Å². The SMILES string of the molecule is CC[C@H](Sc1nc2ccncc2[nH]1)C(=O)Nc1cc(Cl)ccc1C. The summed E-state index contributed by atoms with van der Waals surface area (Å²) in [5, 5.41) is 4.01. The molecular weight excluding hydrogens is 344 g/mol. The Morgan fingerprint density at radius 2 is 2.25 bits per heavy atom. The Bertz CT molecular complexity index is 847. The molecule has 3 aromatic rings. The molecule has 124 valence electrons. The zero-order valence-electron chi connectivity index (χ0n) is 13.3. The molecule has 0 unspecified atom stereocenters. The largest absolute Gasteiger partial charge is 0.332 e. The van der Waals surface area contributed by atoms with Gasteiger partial charge in [-0.15, -0.1) is 0 Å². The van der Waals surface area contributed by atoms with Crippen LogP contribution in [-0.4, -0.2) is 26.1 Å². The molecule has 2 heterocycles. The van der Waals surface area contributed by atoms with E-state index in [1.54, 1.807) is 24.5 Å². The summed E-state index contributed by atoms with van der Waals surface area (Å²) in [6.45, 7) is 3.92. The van der Waals surface area contributed by atoms with Gasteiger partial charge in [0.15, 0.2) is 5.16 Å². The normalized spacial score (nSPS) is 12.3. The van der Waals surface area contributed by atoms with Crippen LogP contribution in [-0.2, 0) is 4.79 Å². The minimum atomic E-state index is -0.253. The van der Waals surface area contributed by atoms with Gasteiger partial charge in [0.1, 0.15) is 0 Å². The number of pyridine rings is 1. The van der Waals surface area contributed by atoms with Crippen molar-refractivity contribution in [2.45, 2.75) is 30.7 Å². The summed E-state index contributed by atoms with van der Waals surface area (Å²) in [5.74, 6) is -0.0635. The molecule has 5 nitrogen and oxygen atoms in total. The number of anilines is 1. The average molecular weight is 361 g/mol. The number of aryl methyl sites for hydroxylation is 1. The molecule has 1 aromatic carbocycles. The van der Waals surface area contributed by atoms with Crippen LogP contribution in [0.25, 0.3) is 11.0 Å². The van der Waals surface area contributed by atoms with E-state index in [2.05, 4.69) is 20.3 Å². The Morgan fingerprint density at radius 3 is 3.00 bits per heavy atom. The molecule has 3 rings (SSSR count). The number of imidazole rings is 1. The molecule has 2 N–H and O–H groups in total. The maximum absolute atomic E-state index is 12.6. The van der Waals surface area contributed by atoms with E-state index in [1.165, 1.54) is 11.8 Å². The van der Waals surface area contributed by atoms with Gasteiger partial charge >= 0.3 is 0 Å². The number of nitrogens with zero attached hydrogens (tertiary/aromatic N) is 2. The first kappa shape index (κ1) is 16.8. The van der Waals surface area contributed by atoms with Crippen molar-refractivity contribution in [2.24, 2.45) is 0 Å². The Morgan fingerprint density at radius 1 is 1.42 bits per heavy atom. The standard InChI is InChI=1S/C17H17ClN4OS/c1-3-15(16(23)20-13-8-11(18)5-4-10(13)2)24-17-21-12-6-7-19-9-14(12)22-17/h4-9,15H,3H2,1-2H3,(H,20,23)(H,21,22)/t15-/m0/s1. The maximum atomic E-state index is 12.6. The third-order valence-electron chi connectivity index (χ3n) is 3.64. The quantitative estimate of drug-likeness (QED) is 0.660. The molecule has 0 aliphatic heterocycles. The fourth-order valence-electron chi connectivity index (χ4n) is 2.29. The smallest absolute Gasteiger partial charge is 0.237 e. The lowest BCUT2D eigenvalue weighted by Crippen LogP contribution is -2.25. The van der Waals surface area contributed by atoms with E-state index in [-0.39, 0.29) is 11.2 Å². The summed E-state index contributed by atoms with van der Waals surface area (Å²) in [6.07, 6.45) is 4.11. The number of benzene rings is 1. The molecule has 24 heavy (non-hydrogen) atoms. The summed E-state index contributed by atoms with van der Waals surface area (Å²) >= 11 is 7.42. The van der Waals surface area contributed by atoms with Crippen molar-refractivity contribution in [1.82, 2.24) is 15.0 Å². The van der Waals surface area contributed by atoms with Gasteiger partial charge in [-0.3, -0.25) is 9.78 Å². The topological polar surface area (TPSA) is 70.7 Å². The molecule has 0 saturated carbocycles. The van der Waals surface area contributed by atoms with Gasteiger partial charge in [-0.05, 0) is 37.1 Å². The Hall–Kier alpha value is -2.05. The highest BCUT2D eigenvalue weighted by Crippen LogP contribution is 2.27. The van der Waals surface area contributed by atoms with Crippen LogP contribution in [0.1, 0.15) is 18.9 Å². The van der Waals surface area contributed by atoms with E-state index < -0.39 is 0 Å². The number of rotatable bonds is 5. The van der Waals surface area contributed by atoms with Gasteiger partial charge < -0.3 is 10.3 Å². The third kappa shape index (κ3) is 3.71. The predicted molar refractivity (Wildman–Crippen MR) is 98.6 cm³/mol. The van der Waals surface area contributed by atoms with Gasteiger partial charge in [-0.25, -0.2) is 4.98 Å². The van der Waals surface area contributed by atoms with Crippen LogP contribution in [0.4, 0.5) is 5.69 Å². The summed E-state index contributed by atoms with van der Waals surface area (Å²) in [7, 11) is 0. The summed E-state index contributed by atoms with van der Waals surface area (Å²) in [4.78, 5) is 24.3. The number of carbonyl (C=O) groups is 1. The molecule has 0 aliphatic rings.